The molecule has 0 aliphatic carbocycles. The Morgan fingerprint density at radius 3 is 2.69 bits per heavy atom. The number of nitrogens with two attached hydrogens (primary N) is 1. The van der Waals surface area contributed by atoms with Crippen LogP contribution in [-0.2, 0) is 15.9 Å². The maximum atomic E-state index is 6.20. The van der Waals surface area contributed by atoms with E-state index in [1.54, 1.807) is 25.3 Å². The molecule has 6 nitrogen and oxygen atoms in total. The minimum absolute atomic E-state index is 0.287. The highest BCUT2D eigenvalue weighted by Gasteiger charge is 2.13. The average Bonchev–Trinajstić information content (AvgIpc) is 2.63. The van der Waals surface area contributed by atoms with Crippen molar-refractivity contribution in [1.82, 2.24) is 15.2 Å². The Balaban J connectivity index is 1.78. The second-order valence-electron chi connectivity index (χ2n) is 5.38. The minimum Gasteiger partial charge on any atom is -0.384 e. The Morgan fingerprint density at radius 1 is 1.12 bits per heavy atom. The number of methoxy groups -OCH3 is 1. The zero-order valence-corrected chi connectivity index (χ0v) is 16.9. The van der Waals surface area contributed by atoms with Crippen molar-refractivity contribution in [2.75, 3.05) is 44.2 Å². The third kappa shape index (κ3) is 6.55. The van der Waals surface area contributed by atoms with Gasteiger partial charge in [0.2, 0.25) is 0 Å². The molecule has 0 unspecified atom stereocenters. The van der Waals surface area contributed by atoms with Gasteiger partial charge in [0.05, 0.1) is 23.3 Å². The summed E-state index contributed by atoms with van der Waals surface area (Å²) in [4.78, 5) is 4.32. The lowest BCUT2D eigenvalue weighted by atomic mass is 10.1. The Labute approximate surface area is 167 Å². The Morgan fingerprint density at radius 2 is 1.92 bits per heavy atom. The summed E-state index contributed by atoms with van der Waals surface area (Å²) in [7, 11) is 1.71. The first-order valence-electron chi connectivity index (χ1n) is 8.21. The van der Waals surface area contributed by atoms with Crippen molar-refractivity contribution >= 4 is 40.8 Å². The highest BCUT2D eigenvalue weighted by atomic mass is 35.5. The van der Waals surface area contributed by atoms with Crippen LogP contribution in [-0.4, -0.2) is 53.6 Å². The van der Waals surface area contributed by atoms with Crippen LogP contribution in [0.15, 0.2) is 18.2 Å². The second kappa shape index (κ2) is 11.6. The van der Waals surface area contributed by atoms with E-state index in [-0.39, 0.29) is 5.82 Å². The molecule has 0 bridgehead atoms. The quantitative estimate of drug-likeness (QED) is 0.558. The van der Waals surface area contributed by atoms with Crippen LogP contribution in [0.5, 0.6) is 0 Å². The Bertz CT molecular complexity index is 706. The fourth-order valence-electron chi connectivity index (χ4n) is 2.15. The molecular weight excluding hydrogens is 395 g/mol. The third-order valence-corrected chi connectivity index (χ3v) is 5.19. The molecule has 1 aromatic heterocycles. The molecule has 0 saturated heterocycles. The zero-order valence-electron chi connectivity index (χ0n) is 14.6. The maximum Gasteiger partial charge on any atom is 0.154 e. The molecule has 26 heavy (non-hydrogen) atoms. The van der Waals surface area contributed by atoms with Gasteiger partial charge >= 0.3 is 0 Å². The first kappa shape index (κ1) is 21.2. The number of hydrogen-bond acceptors (Lipinski definition) is 7. The third-order valence-electron chi connectivity index (χ3n) is 3.46. The minimum atomic E-state index is 0.287. The van der Waals surface area contributed by atoms with Gasteiger partial charge in [-0.25, -0.2) is 4.98 Å². The van der Waals surface area contributed by atoms with E-state index in [1.807, 2.05) is 11.8 Å². The van der Waals surface area contributed by atoms with E-state index in [0.29, 0.717) is 40.2 Å². The van der Waals surface area contributed by atoms with Crippen molar-refractivity contribution in [3.05, 3.63) is 34.1 Å². The van der Waals surface area contributed by atoms with Crippen LogP contribution >= 0.6 is 35.0 Å². The molecule has 1 aromatic carbocycles. The summed E-state index contributed by atoms with van der Waals surface area (Å²) in [6.45, 7) is 2.14. The summed E-state index contributed by atoms with van der Waals surface area (Å²) >= 11 is 14.0. The summed E-state index contributed by atoms with van der Waals surface area (Å²) in [6, 6.07) is 5.27. The number of aryl methyl sites for hydroxylation is 1. The largest absolute Gasteiger partial charge is 0.384 e. The molecule has 9 heteroatoms. The Hall–Kier alpha value is -1.12. The molecular formula is C17H22Cl2N4O2S. The van der Waals surface area contributed by atoms with E-state index < -0.39 is 0 Å². The molecule has 0 aliphatic heterocycles. The predicted molar refractivity (Wildman–Crippen MR) is 108 cm³/mol. The highest BCUT2D eigenvalue weighted by molar-refractivity contribution is 7.99. The molecule has 1 heterocycles. The van der Waals surface area contributed by atoms with Crippen LogP contribution in [0.25, 0.3) is 11.3 Å². The summed E-state index contributed by atoms with van der Waals surface area (Å²) < 4.78 is 10.6. The van der Waals surface area contributed by atoms with Gasteiger partial charge in [-0.15, -0.1) is 10.2 Å². The molecule has 2 rings (SSSR count). The first-order valence-corrected chi connectivity index (χ1v) is 10.1. The predicted octanol–water partition coefficient (Wildman–Crippen LogP) is 3.76. The normalized spacial score (nSPS) is 11.0. The van der Waals surface area contributed by atoms with E-state index in [0.717, 1.165) is 31.1 Å². The maximum absolute atomic E-state index is 6.20. The first-order chi connectivity index (χ1) is 12.6. The Kier molecular flexibility index (Phi) is 9.42. The van der Waals surface area contributed by atoms with Gasteiger partial charge in [-0.2, -0.15) is 11.8 Å². The van der Waals surface area contributed by atoms with Crippen molar-refractivity contribution in [2.24, 2.45) is 0 Å². The van der Waals surface area contributed by atoms with Gasteiger partial charge in [-0.3, -0.25) is 0 Å². The van der Waals surface area contributed by atoms with Gasteiger partial charge in [-0.05, 0) is 12.5 Å². The van der Waals surface area contributed by atoms with Crippen LogP contribution in [0, 0.1) is 0 Å². The summed E-state index contributed by atoms with van der Waals surface area (Å²) in [5, 5.41) is 9.14. The average molecular weight is 417 g/mol. The number of ether oxygens (including phenoxy) is 2. The molecule has 0 atom stereocenters. The van der Waals surface area contributed by atoms with Crippen LogP contribution in [0.2, 0.25) is 10.0 Å². The molecule has 2 N–H and O–H groups in total. The van der Waals surface area contributed by atoms with Gasteiger partial charge in [-0.1, -0.05) is 35.3 Å². The van der Waals surface area contributed by atoms with Crippen molar-refractivity contribution in [2.45, 2.75) is 12.8 Å². The summed E-state index contributed by atoms with van der Waals surface area (Å²) in [5.41, 5.74) is 7.08. The molecule has 0 spiro atoms. The number of halogens is 2. The van der Waals surface area contributed by atoms with Crippen molar-refractivity contribution < 1.29 is 9.47 Å². The number of rotatable bonds is 11. The standard InChI is InChI=1S/C17H22Cl2N4O2S/c1-24-8-10-26-11-9-25-7-3-6-14-21-17(20)16(23-22-14)12-4-2-5-13(18)15(12)19/h2,4-5H,3,6-11H2,1H3,(H2,20,21,22). The number of nitrogens with zero attached hydrogens (tertiary/aromatic N) is 3. The topological polar surface area (TPSA) is 83.2 Å². The molecule has 0 fully saturated rings. The number of anilines is 1. The number of benzene rings is 1. The van der Waals surface area contributed by atoms with E-state index in [2.05, 4.69) is 15.2 Å². The molecule has 0 amide bonds. The number of thioether (sulfide) groups is 1. The van der Waals surface area contributed by atoms with Crippen molar-refractivity contribution in [3.63, 3.8) is 0 Å². The van der Waals surface area contributed by atoms with Gasteiger partial charge in [0.15, 0.2) is 11.6 Å². The number of hydrogen-bond donors (Lipinski definition) is 1. The second-order valence-corrected chi connectivity index (χ2v) is 7.39. The van der Waals surface area contributed by atoms with Crippen molar-refractivity contribution in [1.29, 1.82) is 0 Å². The molecule has 0 saturated carbocycles. The summed E-state index contributed by atoms with van der Waals surface area (Å²) in [6.07, 6.45) is 1.46. The lowest BCUT2D eigenvalue weighted by Gasteiger charge is -2.08. The molecule has 142 valence electrons. The van der Waals surface area contributed by atoms with Crippen LogP contribution in [0.4, 0.5) is 5.82 Å². The monoisotopic (exact) mass is 416 g/mol. The fourth-order valence-corrected chi connectivity index (χ4v) is 3.27. The molecule has 0 radical (unpaired) electrons. The SMILES string of the molecule is COCCSCCOCCCc1nnc(-c2cccc(Cl)c2Cl)c(N)n1. The van der Waals surface area contributed by atoms with E-state index >= 15 is 0 Å². The van der Waals surface area contributed by atoms with Crippen LogP contribution in [0.1, 0.15) is 12.2 Å². The number of nitrogen functional groups attached to an aromatic ring is 1. The smallest absolute Gasteiger partial charge is 0.154 e. The van der Waals surface area contributed by atoms with E-state index in [1.165, 1.54) is 0 Å². The lowest BCUT2D eigenvalue weighted by molar-refractivity contribution is 0.147. The lowest BCUT2D eigenvalue weighted by Crippen LogP contribution is -2.07. The number of aromatic nitrogens is 3. The zero-order chi connectivity index (χ0) is 18.8. The van der Waals surface area contributed by atoms with Gasteiger partial charge in [0.1, 0.15) is 5.69 Å². The fraction of sp³-hybridized carbons (Fsp3) is 0.471. The van der Waals surface area contributed by atoms with Crippen LogP contribution in [0.3, 0.4) is 0 Å². The molecule has 0 aliphatic rings. The highest BCUT2D eigenvalue weighted by Crippen LogP contribution is 2.34. The van der Waals surface area contributed by atoms with E-state index in [9.17, 15) is 0 Å². The van der Waals surface area contributed by atoms with Crippen LogP contribution < -0.4 is 5.73 Å². The van der Waals surface area contributed by atoms with Gasteiger partial charge in [0.25, 0.3) is 0 Å². The van der Waals surface area contributed by atoms with Gasteiger partial charge < -0.3 is 15.2 Å². The van der Waals surface area contributed by atoms with Gasteiger partial charge in [0, 0.05) is 37.2 Å². The van der Waals surface area contributed by atoms with Crippen molar-refractivity contribution in [3.8, 4) is 11.3 Å². The van der Waals surface area contributed by atoms with E-state index in [4.69, 9.17) is 38.4 Å². The molecule has 2 aromatic rings. The summed E-state index contributed by atoms with van der Waals surface area (Å²) in [5.74, 6) is 2.82.